The summed E-state index contributed by atoms with van der Waals surface area (Å²) >= 11 is 0.241. The van der Waals surface area contributed by atoms with E-state index in [1.807, 2.05) is 0 Å². The highest BCUT2D eigenvalue weighted by atomic mass is 32.2. The van der Waals surface area contributed by atoms with Crippen molar-refractivity contribution in [3.05, 3.63) is 101 Å². The standard InChI is InChI=1S/C38H26N10O25S7/c39-33-26(15-29(77(58,59)60)22-13-28(75-73-71-54)34(37(50)32(22)33)46-43-24-9-4-18(48(51)52)12-30(24)78(61,62)63)45-44-25-10-7-20-21(38(25)80(67,68)69)14-31(79(64,65)66)35(36(20)49)47-42-23-8-3-17(11-27(23)74-72-70-53)41-40-16-1-5-19(6-2-16)76(55,56)57/h1-15,49-50,53-54H,39H2,(H,55,56,57)(H,58,59,60)(H,61,62,63)(H,64,65,66)(H,67,68,69). The SMILES string of the molecule is Nc1c(N=Nc2ccc3c(O)c(N=Nc4ccc(N=Nc5ccc(S(=O)(=O)O)cc5)cc4SOOO)c(S(=O)(=O)O)cc3c2S(=O)(=O)O)cc(S(=O)(=O)O)c2cc(SOOO)c(N=Nc3ccc([N+](=O)[O-])cc3S(=O)(=O)O)c(O)c12. The maximum atomic E-state index is 13.1. The van der Waals surface area contributed by atoms with E-state index < -0.39 is 158 Å². The minimum Gasteiger partial charge on any atom is -0.505 e. The number of nitro benzene ring substituents is 1. The second kappa shape index (κ2) is 23.2. The van der Waals surface area contributed by atoms with Crippen LogP contribution < -0.4 is 5.73 Å². The molecule has 35 nitrogen and oxygen atoms in total. The van der Waals surface area contributed by atoms with Crippen molar-refractivity contribution in [2.24, 2.45) is 40.9 Å². The maximum absolute atomic E-state index is 13.1. The third kappa shape index (κ3) is 13.3. The molecule has 7 rings (SSSR count). The normalized spacial score (nSPS) is 13.0. The highest BCUT2D eigenvalue weighted by Gasteiger charge is 2.30. The number of nitro groups is 1. The summed E-state index contributed by atoms with van der Waals surface area (Å²) in [6, 6.07) is 13.2. The van der Waals surface area contributed by atoms with Gasteiger partial charge in [0.1, 0.15) is 53.7 Å². The Bertz CT molecular complexity index is 4440. The molecule has 0 atom stereocenters. The van der Waals surface area contributed by atoms with Crippen molar-refractivity contribution < 1.29 is 109 Å². The second-order valence-electron chi connectivity index (χ2n) is 15.1. The summed E-state index contributed by atoms with van der Waals surface area (Å²) in [5, 5.41) is 86.4. The largest absolute Gasteiger partial charge is 0.505 e. The molecule has 0 saturated heterocycles. The fraction of sp³-hybridized carbons (Fsp3) is 0. The molecule has 0 aromatic heterocycles. The van der Waals surface area contributed by atoms with Gasteiger partial charge in [-0.25, -0.2) is 10.5 Å². The van der Waals surface area contributed by atoms with Crippen molar-refractivity contribution in [1.82, 2.24) is 0 Å². The lowest BCUT2D eigenvalue weighted by molar-refractivity contribution is -0.432. The summed E-state index contributed by atoms with van der Waals surface area (Å²) in [5.41, 5.74) is 0.0268. The summed E-state index contributed by atoms with van der Waals surface area (Å²) in [7, 11) is -26.5. The monoisotopic (exact) mass is 1250 g/mol. The lowest BCUT2D eigenvalue weighted by Crippen LogP contribution is -2.03. The number of nitrogens with two attached hydrogens (primary N) is 1. The number of hydrogen-bond acceptors (Lipinski definition) is 31. The van der Waals surface area contributed by atoms with E-state index in [9.17, 15) is 85.2 Å². The molecule has 0 heterocycles. The number of fused-ring (bicyclic) bond motifs is 2. The Kier molecular flexibility index (Phi) is 17.3. The number of non-ortho nitro benzene ring substituents is 1. The van der Waals surface area contributed by atoms with Crippen LogP contribution in [0.3, 0.4) is 0 Å². The van der Waals surface area contributed by atoms with Gasteiger partial charge in [0.05, 0.1) is 66.1 Å². The fourth-order valence-corrected chi connectivity index (χ4v) is 11.1. The molecule has 0 spiro atoms. The van der Waals surface area contributed by atoms with Crippen molar-refractivity contribution in [3.63, 3.8) is 0 Å². The Morgan fingerprint density at radius 2 is 1.01 bits per heavy atom. The number of rotatable bonds is 20. The van der Waals surface area contributed by atoms with Crippen LogP contribution in [0.2, 0.25) is 0 Å². The molecule has 11 N–H and O–H groups in total. The summed E-state index contributed by atoms with van der Waals surface area (Å²) in [6.45, 7) is 0. The Hall–Kier alpha value is -7.73. The molecule has 420 valence electrons. The van der Waals surface area contributed by atoms with Gasteiger partial charge < -0.3 is 15.9 Å². The lowest BCUT2D eigenvalue weighted by Gasteiger charge is -2.15. The molecule has 0 aliphatic heterocycles. The number of hydrogen-bond donors (Lipinski definition) is 10. The van der Waals surface area contributed by atoms with Gasteiger partial charge >= 0.3 is 0 Å². The summed E-state index contributed by atoms with van der Waals surface area (Å²) in [4.78, 5) is 4.10. The molecule has 0 unspecified atom stereocenters. The molecule has 0 fully saturated rings. The molecule has 80 heavy (non-hydrogen) atoms. The van der Waals surface area contributed by atoms with E-state index in [4.69, 9.17) is 16.2 Å². The van der Waals surface area contributed by atoms with Gasteiger partial charge in [0.2, 0.25) is 0 Å². The third-order valence-electron chi connectivity index (χ3n) is 10.2. The van der Waals surface area contributed by atoms with Gasteiger partial charge in [-0.05, 0) is 78.9 Å². The molecule has 0 aliphatic carbocycles. The van der Waals surface area contributed by atoms with Crippen LogP contribution in [0.4, 0.5) is 56.9 Å². The summed E-state index contributed by atoms with van der Waals surface area (Å²) in [5.74, 6) is -2.44. The zero-order valence-electron chi connectivity index (χ0n) is 38.2. The van der Waals surface area contributed by atoms with E-state index in [-0.39, 0.29) is 46.0 Å². The van der Waals surface area contributed by atoms with E-state index in [0.29, 0.717) is 24.3 Å². The Labute approximate surface area is 453 Å². The number of azo groups is 4. The quantitative estimate of drug-likeness (QED) is 0.00645. The van der Waals surface area contributed by atoms with Crippen LogP contribution in [0.1, 0.15) is 0 Å². The van der Waals surface area contributed by atoms with E-state index in [2.05, 4.69) is 59.7 Å². The Morgan fingerprint density at radius 1 is 0.475 bits per heavy atom. The molecule has 7 aromatic rings. The van der Waals surface area contributed by atoms with Crippen LogP contribution in [0, 0.1) is 10.1 Å². The van der Waals surface area contributed by atoms with Gasteiger partial charge in [0, 0.05) is 28.3 Å². The van der Waals surface area contributed by atoms with Gasteiger partial charge in [-0.15, -0.1) is 39.4 Å². The number of nitrogens with zero attached hydrogens (tertiary/aromatic N) is 9. The van der Waals surface area contributed by atoms with E-state index in [1.54, 1.807) is 0 Å². The fourth-order valence-electron chi connectivity index (χ4n) is 6.83. The van der Waals surface area contributed by atoms with Gasteiger partial charge in [-0.2, -0.15) is 52.3 Å². The van der Waals surface area contributed by atoms with E-state index >= 15 is 0 Å². The number of phenols is 2. The minimum atomic E-state index is -5.66. The highest BCUT2D eigenvalue weighted by Crippen LogP contribution is 2.51. The van der Waals surface area contributed by atoms with Crippen molar-refractivity contribution >= 4 is 153 Å². The summed E-state index contributed by atoms with van der Waals surface area (Å²) in [6.07, 6.45) is 0. The van der Waals surface area contributed by atoms with Crippen molar-refractivity contribution in [3.8, 4) is 11.5 Å². The number of aromatic hydroxyl groups is 2. The molecule has 0 aliphatic rings. The first kappa shape index (κ1) is 59.9. The number of nitrogen functional groups attached to an aromatic ring is 1. The maximum Gasteiger partial charge on any atom is 0.297 e. The Morgan fingerprint density at radius 3 is 1.60 bits per heavy atom. The smallest absolute Gasteiger partial charge is 0.297 e. The van der Waals surface area contributed by atoms with Crippen molar-refractivity contribution in [2.45, 2.75) is 34.3 Å². The van der Waals surface area contributed by atoms with E-state index in [1.165, 1.54) is 24.3 Å². The molecular formula is C38H26N10O25S7. The van der Waals surface area contributed by atoms with E-state index in [0.717, 1.165) is 42.5 Å². The first-order valence-electron chi connectivity index (χ1n) is 20.1. The van der Waals surface area contributed by atoms with Crippen LogP contribution in [0.15, 0.2) is 166 Å². The molecular weight excluding hydrogens is 1220 g/mol. The summed E-state index contributed by atoms with van der Waals surface area (Å²) < 4.78 is 184. The molecule has 7 aromatic carbocycles. The number of phenolic OH excluding ortho intramolecular Hbond substituents is 2. The van der Waals surface area contributed by atoms with Gasteiger partial charge in [0.25, 0.3) is 56.3 Å². The number of benzene rings is 7. The molecule has 0 amide bonds. The van der Waals surface area contributed by atoms with Gasteiger partial charge in [0.15, 0.2) is 11.5 Å². The molecule has 0 radical (unpaired) electrons. The average Bonchev–Trinajstić information content (AvgIpc) is 3.37. The Balaban J connectivity index is 1.35. The first-order chi connectivity index (χ1) is 37.3. The van der Waals surface area contributed by atoms with Crippen LogP contribution >= 0.6 is 24.1 Å². The topological polar surface area (TPSA) is 558 Å². The van der Waals surface area contributed by atoms with Crippen molar-refractivity contribution in [2.75, 3.05) is 5.73 Å². The number of anilines is 1. The molecule has 42 heteroatoms. The molecule has 0 saturated carbocycles. The van der Waals surface area contributed by atoms with Crippen LogP contribution in [0.25, 0.3) is 21.5 Å². The minimum absolute atomic E-state index is 0.0240. The predicted molar refractivity (Wildman–Crippen MR) is 269 cm³/mol. The second-order valence-corrected chi connectivity index (χ2v) is 23.5. The van der Waals surface area contributed by atoms with Crippen LogP contribution in [-0.2, 0) is 69.3 Å². The third-order valence-corrected chi connectivity index (χ3v) is 15.9. The zero-order chi connectivity index (χ0) is 58.9. The van der Waals surface area contributed by atoms with Gasteiger partial charge in [-0.1, -0.05) is 10.1 Å². The zero-order valence-corrected chi connectivity index (χ0v) is 43.9. The van der Waals surface area contributed by atoms with Crippen molar-refractivity contribution in [1.29, 1.82) is 0 Å². The van der Waals surface area contributed by atoms with Gasteiger partial charge in [-0.3, -0.25) is 32.9 Å². The molecule has 0 bridgehead atoms. The predicted octanol–water partition coefficient (Wildman–Crippen LogP) is 9.65. The average molecular weight is 1250 g/mol. The highest BCUT2D eigenvalue weighted by molar-refractivity contribution is 7.95. The lowest BCUT2D eigenvalue weighted by atomic mass is 10.0. The van der Waals surface area contributed by atoms with Crippen LogP contribution in [0.5, 0.6) is 11.5 Å². The first-order valence-corrected chi connectivity index (χ1v) is 28.8. The van der Waals surface area contributed by atoms with Crippen LogP contribution in [-0.4, -0.2) is 90.5 Å².